The monoisotopic (exact) mass is 501 g/mol. The van der Waals surface area contributed by atoms with Gasteiger partial charge in [0.05, 0.1) is 11.8 Å². The van der Waals surface area contributed by atoms with Crippen LogP contribution >= 0.6 is 11.3 Å². The topological polar surface area (TPSA) is 74.5 Å². The number of aromatic nitrogens is 2. The van der Waals surface area contributed by atoms with Crippen LogP contribution in [0.1, 0.15) is 16.2 Å². The number of pyridine rings is 2. The smallest absolute Gasteiger partial charge is 0.433 e. The largest absolute Gasteiger partial charge is 0.459 e. The van der Waals surface area contributed by atoms with E-state index in [2.05, 4.69) is 25.1 Å². The highest BCUT2D eigenvalue weighted by Gasteiger charge is 2.33. The van der Waals surface area contributed by atoms with Crippen LogP contribution in [0.4, 0.5) is 19.0 Å². The van der Waals surface area contributed by atoms with Gasteiger partial charge in [0.25, 0.3) is 5.91 Å². The van der Waals surface area contributed by atoms with Gasteiger partial charge in [-0.25, -0.2) is 9.97 Å². The SMILES string of the molecule is O=C(NCCN1CCN(c2ncc(-c3ccsc3)c3nc(C(F)(F)F)ccc23)CC1)c1ccco1. The molecule has 4 aromatic rings. The second-order valence-electron chi connectivity index (χ2n) is 8.16. The van der Waals surface area contributed by atoms with Gasteiger partial charge in [-0.05, 0) is 46.7 Å². The minimum atomic E-state index is -4.53. The molecule has 0 unspecified atom stereocenters. The first-order valence-corrected chi connectivity index (χ1v) is 12.0. The van der Waals surface area contributed by atoms with Crippen molar-refractivity contribution in [1.82, 2.24) is 20.2 Å². The molecule has 0 aliphatic carbocycles. The minimum absolute atomic E-state index is 0.249. The number of hydrogen-bond acceptors (Lipinski definition) is 7. The van der Waals surface area contributed by atoms with Crippen molar-refractivity contribution in [1.29, 1.82) is 0 Å². The predicted octanol–water partition coefficient (Wildman–Crippen LogP) is 4.52. The molecule has 1 fully saturated rings. The fourth-order valence-corrected chi connectivity index (χ4v) is 4.80. The summed E-state index contributed by atoms with van der Waals surface area (Å²) in [4.78, 5) is 24.9. The molecule has 0 spiro atoms. The third-order valence-electron chi connectivity index (χ3n) is 5.96. The lowest BCUT2D eigenvalue weighted by Gasteiger charge is -2.36. The highest BCUT2D eigenvalue weighted by Crippen LogP contribution is 2.36. The minimum Gasteiger partial charge on any atom is -0.459 e. The number of carbonyl (C=O) groups excluding carboxylic acids is 1. The van der Waals surface area contributed by atoms with Crippen LogP contribution in [0.3, 0.4) is 0 Å². The molecule has 1 aliphatic rings. The Morgan fingerprint density at radius 1 is 1.14 bits per heavy atom. The van der Waals surface area contributed by atoms with Gasteiger partial charge in [0.15, 0.2) is 5.76 Å². The number of hydrogen-bond donors (Lipinski definition) is 1. The van der Waals surface area contributed by atoms with E-state index in [9.17, 15) is 18.0 Å². The summed E-state index contributed by atoms with van der Waals surface area (Å²) >= 11 is 1.47. The maximum absolute atomic E-state index is 13.4. The number of rotatable bonds is 6. The second kappa shape index (κ2) is 9.67. The second-order valence-corrected chi connectivity index (χ2v) is 8.94. The van der Waals surface area contributed by atoms with Gasteiger partial charge in [-0.15, -0.1) is 0 Å². The summed E-state index contributed by atoms with van der Waals surface area (Å²) in [6, 6.07) is 7.62. The van der Waals surface area contributed by atoms with Gasteiger partial charge < -0.3 is 14.6 Å². The maximum Gasteiger partial charge on any atom is 0.433 e. The number of amides is 1. The number of halogens is 3. The van der Waals surface area contributed by atoms with E-state index >= 15 is 0 Å². The molecule has 1 amide bonds. The Morgan fingerprint density at radius 3 is 2.66 bits per heavy atom. The number of nitrogens with zero attached hydrogens (tertiary/aromatic N) is 4. The van der Waals surface area contributed by atoms with Crippen LogP contribution in [0.5, 0.6) is 0 Å². The molecule has 0 bridgehead atoms. The average Bonchev–Trinajstić information content (AvgIpc) is 3.58. The highest BCUT2D eigenvalue weighted by molar-refractivity contribution is 7.08. The van der Waals surface area contributed by atoms with E-state index in [0.29, 0.717) is 48.5 Å². The predicted molar refractivity (Wildman–Crippen MR) is 128 cm³/mol. The van der Waals surface area contributed by atoms with Crippen LogP contribution < -0.4 is 10.2 Å². The Labute approximate surface area is 203 Å². The van der Waals surface area contributed by atoms with Gasteiger partial charge >= 0.3 is 6.18 Å². The highest BCUT2D eigenvalue weighted by atomic mass is 32.1. The molecule has 35 heavy (non-hydrogen) atoms. The molecule has 1 N–H and O–H groups in total. The van der Waals surface area contributed by atoms with Crippen LogP contribution in [-0.2, 0) is 6.18 Å². The number of anilines is 1. The molecule has 1 saturated heterocycles. The molecule has 0 radical (unpaired) electrons. The molecular formula is C24H22F3N5O2S. The molecule has 182 valence electrons. The lowest BCUT2D eigenvalue weighted by molar-refractivity contribution is -0.140. The van der Waals surface area contributed by atoms with E-state index in [0.717, 1.165) is 24.7 Å². The van der Waals surface area contributed by atoms with E-state index < -0.39 is 11.9 Å². The zero-order chi connectivity index (χ0) is 24.4. The summed E-state index contributed by atoms with van der Waals surface area (Å²) < 4.78 is 45.3. The van der Waals surface area contributed by atoms with Crippen molar-refractivity contribution in [2.45, 2.75) is 6.18 Å². The molecule has 0 aromatic carbocycles. The quantitative estimate of drug-likeness (QED) is 0.419. The van der Waals surface area contributed by atoms with Crippen molar-refractivity contribution >= 4 is 34.0 Å². The molecule has 5 heterocycles. The molecule has 0 atom stereocenters. The lowest BCUT2D eigenvalue weighted by atomic mass is 10.1. The Balaban J connectivity index is 1.30. The summed E-state index contributed by atoms with van der Waals surface area (Å²) in [5.41, 5.74) is 0.765. The Bertz CT molecular complexity index is 1300. The molecule has 1 aliphatic heterocycles. The summed E-state index contributed by atoms with van der Waals surface area (Å²) in [5.74, 6) is 0.660. The van der Waals surface area contributed by atoms with Gasteiger partial charge in [0.1, 0.15) is 11.5 Å². The number of furan rings is 1. The number of piperazine rings is 1. The average molecular weight is 502 g/mol. The van der Waals surface area contributed by atoms with E-state index in [1.165, 1.54) is 23.7 Å². The third-order valence-corrected chi connectivity index (χ3v) is 6.64. The van der Waals surface area contributed by atoms with Gasteiger partial charge in [-0.3, -0.25) is 9.69 Å². The number of alkyl halides is 3. The van der Waals surface area contributed by atoms with Crippen LogP contribution in [0.15, 0.2) is 58.0 Å². The molecule has 7 nitrogen and oxygen atoms in total. The lowest BCUT2D eigenvalue weighted by Crippen LogP contribution is -2.48. The zero-order valence-electron chi connectivity index (χ0n) is 18.6. The maximum atomic E-state index is 13.4. The van der Waals surface area contributed by atoms with Gasteiger partial charge in [0, 0.05) is 56.4 Å². The van der Waals surface area contributed by atoms with Crippen molar-refractivity contribution in [2.24, 2.45) is 0 Å². The summed E-state index contributed by atoms with van der Waals surface area (Å²) in [6.45, 7) is 3.96. The number of nitrogens with one attached hydrogen (secondary N) is 1. The molecule has 0 saturated carbocycles. The first-order chi connectivity index (χ1) is 16.9. The first kappa shape index (κ1) is 23.3. The first-order valence-electron chi connectivity index (χ1n) is 11.1. The van der Waals surface area contributed by atoms with Gasteiger partial charge in [-0.2, -0.15) is 24.5 Å². The van der Waals surface area contributed by atoms with Crippen molar-refractivity contribution in [3.63, 3.8) is 0 Å². The van der Waals surface area contributed by atoms with Crippen LogP contribution in [0.2, 0.25) is 0 Å². The number of fused-ring (bicyclic) bond motifs is 1. The summed E-state index contributed by atoms with van der Waals surface area (Å²) in [7, 11) is 0. The van der Waals surface area contributed by atoms with Crippen LogP contribution in [0.25, 0.3) is 22.0 Å². The molecule has 5 rings (SSSR count). The van der Waals surface area contributed by atoms with Gasteiger partial charge in [0.2, 0.25) is 0 Å². The van der Waals surface area contributed by atoms with E-state index in [1.807, 2.05) is 16.8 Å². The van der Waals surface area contributed by atoms with Crippen molar-refractivity contribution < 1.29 is 22.4 Å². The van der Waals surface area contributed by atoms with Crippen molar-refractivity contribution in [2.75, 3.05) is 44.2 Å². The molecule has 11 heteroatoms. The Morgan fingerprint density at radius 2 is 1.97 bits per heavy atom. The van der Waals surface area contributed by atoms with E-state index in [4.69, 9.17) is 4.42 Å². The summed E-state index contributed by atoms with van der Waals surface area (Å²) in [6.07, 6.45) is -1.46. The van der Waals surface area contributed by atoms with Crippen LogP contribution in [-0.4, -0.2) is 60.0 Å². The fourth-order valence-electron chi connectivity index (χ4n) is 4.15. The van der Waals surface area contributed by atoms with E-state index in [-0.39, 0.29) is 11.7 Å². The van der Waals surface area contributed by atoms with Crippen molar-refractivity contribution in [3.05, 3.63) is 65.0 Å². The van der Waals surface area contributed by atoms with Gasteiger partial charge in [-0.1, -0.05) is 0 Å². The summed E-state index contributed by atoms with van der Waals surface area (Å²) in [5, 5.41) is 7.19. The molecular weight excluding hydrogens is 479 g/mol. The number of carbonyl (C=O) groups is 1. The van der Waals surface area contributed by atoms with Crippen molar-refractivity contribution in [3.8, 4) is 11.1 Å². The van der Waals surface area contributed by atoms with Crippen LogP contribution in [0, 0.1) is 0 Å². The number of thiophene rings is 1. The fraction of sp³-hybridized carbons (Fsp3) is 0.292. The normalized spacial score (nSPS) is 15.0. The van der Waals surface area contributed by atoms with E-state index in [1.54, 1.807) is 18.3 Å². The Hall–Kier alpha value is -3.44. The third kappa shape index (κ3) is 5.01. The zero-order valence-corrected chi connectivity index (χ0v) is 19.4. The standard InChI is InChI=1S/C24H22F3N5O2S/c25-24(26,27)20-4-3-17-21(30-20)18(16-5-13-35-15-16)14-29-22(17)32-10-8-31(9-11-32)7-6-28-23(33)19-2-1-12-34-19/h1-5,12-15H,6-11H2,(H,28,33). The Kier molecular flexibility index (Phi) is 6.44. The molecule has 4 aromatic heterocycles.